The second-order valence-electron chi connectivity index (χ2n) is 10.1. The van der Waals surface area contributed by atoms with Gasteiger partial charge in [-0.3, -0.25) is 4.18 Å². The first kappa shape index (κ1) is 22.5. The van der Waals surface area contributed by atoms with Gasteiger partial charge in [-0.1, -0.05) is 35.4 Å². The first-order valence-electron chi connectivity index (χ1n) is 11.4. The number of hydrogen-bond donors (Lipinski definition) is 0. The molecule has 2 aromatic rings. The van der Waals surface area contributed by atoms with E-state index in [0.717, 1.165) is 12.0 Å². The molecule has 2 aliphatic heterocycles. The maximum atomic E-state index is 13.1. The van der Waals surface area contributed by atoms with Crippen molar-refractivity contribution in [2.45, 2.75) is 55.9 Å². The first-order chi connectivity index (χ1) is 16.0. The van der Waals surface area contributed by atoms with Crippen molar-refractivity contribution < 1.29 is 31.6 Å². The van der Waals surface area contributed by atoms with E-state index in [2.05, 4.69) is 0 Å². The van der Waals surface area contributed by atoms with Crippen LogP contribution < -0.4 is 0 Å². The standard InChI is InChI=1S/C25H25ClO7S/c1-13-7-9-16(10-8-13)34(28,29)32-22-18-12-17-19-20(18)25(3,33-24(19,2)30-21(17)22)31-23(27)14-5-4-6-15(26)11-14/h4-11,17-22H,12H2,1-3H3/t17-,18+,19-,20+,21+,22+,24+,25+/m1/s1. The third kappa shape index (κ3) is 3.19. The third-order valence-electron chi connectivity index (χ3n) is 7.91. The Morgan fingerprint density at radius 3 is 2.53 bits per heavy atom. The maximum Gasteiger partial charge on any atom is 0.340 e. The average Bonchev–Trinajstić information content (AvgIpc) is 3.42. The van der Waals surface area contributed by atoms with Crippen LogP contribution in [0.25, 0.3) is 0 Å². The number of fused-ring (bicyclic) bond motifs is 2. The van der Waals surface area contributed by atoms with Gasteiger partial charge in [0.1, 0.15) is 6.10 Å². The average molecular weight is 505 g/mol. The van der Waals surface area contributed by atoms with Crippen LogP contribution in [0.4, 0.5) is 0 Å². The highest BCUT2D eigenvalue weighted by molar-refractivity contribution is 7.86. The van der Waals surface area contributed by atoms with Gasteiger partial charge in [-0.15, -0.1) is 0 Å². The Bertz CT molecular complexity index is 1280. The highest BCUT2D eigenvalue weighted by atomic mass is 35.5. The van der Waals surface area contributed by atoms with Gasteiger partial charge < -0.3 is 14.2 Å². The molecule has 0 spiro atoms. The number of benzene rings is 2. The molecule has 6 rings (SSSR count). The molecule has 0 N–H and O–H groups in total. The SMILES string of the molecule is Cc1ccc(S(=O)(=O)O[C@H]2[C@H]3C[C@H]4[C@@H]2O[C@@]2(C)O[C@](C)(OC(=O)c5cccc(Cl)c5)[C@@H]3[C@@H]42)cc1. The number of halogens is 1. The monoisotopic (exact) mass is 504 g/mol. The van der Waals surface area contributed by atoms with Crippen LogP contribution in [0.3, 0.4) is 0 Å². The number of esters is 1. The van der Waals surface area contributed by atoms with Gasteiger partial charge in [-0.2, -0.15) is 8.42 Å². The Morgan fingerprint density at radius 1 is 1.09 bits per heavy atom. The summed E-state index contributed by atoms with van der Waals surface area (Å²) in [5.74, 6) is -3.23. The summed E-state index contributed by atoms with van der Waals surface area (Å²) in [5, 5.41) is 0.427. The summed E-state index contributed by atoms with van der Waals surface area (Å²) in [6.07, 6.45) is -0.325. The number of aryl methyl sites for hydroxylation is 1. The summed E-state index contributed by atoms with van der Waals surface area (Å²) >= 11 is 6.04. The number of ether oxygens (including phenoxy) is 3. The van der Waals surface area contributed by atoms with Crippen LogP contribution in [0, 0.1) is 30.6 Å². The summed E-state index contributed by atoms with van der Waals surface area (Å²) in [7, 11) is -4.00. The van der Waals surface area contributed by atoms with E-state index in [1.165, 1.54) is 6.07 Å². The molecule has 34 heavy (non-hydrogen) atoms. The lowest BCUT2D eigenvalue weighted by Crippen LogP contribution is -2.50. The van der Waals surface area contributed by atoms with Gasteiger partial charge in [0.2, 0.25) is 5.79 Å². The molecule has 4 aliphatic rings. The van der Waals surface area contributed by atoms with Crippen molar-refractivity contribution >= 4 is 27.7 Å². The van der Waals surface area contributed by atoms with Crippen molar-refractivity contribution in [1.82, 2.24) is 0 Å². The van der Waals surface area contributed by atoms with Crippen LogP contribution in [-0.4, -0.2) is 38.2 Å². The van der Waals surface area contributed by atoms with Crippen molar-refractivity contribution in [3.8, 4) is 0 Å². The molecule has 9 heteroatoms. The lowest BCUT2D eigenvalue weighted by molar-refractivity contribution is -0.314. The second kappa shape index (κ2) is 7.27. The summed E-state index contributed by atoms with van der Waals surface area (Å²) in [6, 6.07) is 13.1. The fourth-order valence-electron chi connectivity index (χ4n) is 6.78. The molecule has 0 radical (unpaired) electrons. The van der Waals surface area contributed by atoms with Crippen molar-refractivity contribution in [1.29, 1.82) is 0 Å². The zero-order valence-electron chi connectivity index (χ0n) is 18.9. The fraction of sp³-hybridized carbons (Fsp3) is 0.480. The zero-order valence-corrected chi connectivity index (χ0v) is 20.5. The van der Waals surface area contributed by atoms with Crippen molar-refractivity contribution in [2.75, 3.05) is 0 Å². The van der Waals surface area contributed by atoms with Gasteiger partial charge in [0.25, 0.3) is 10.1 Å². The zero-order chi connectivity index (χ0) is 24.0. The Labute approximate surface area is 203 Å². The number of hydrogen-bond acceptors (Lipinski definition) is 7. The number of carbonyl (C=O) groups is 1. The van der Waals surface area contributed by atoms with Crippen LogP contribution in [0.2, 0.25) is 5.02 Å². The van der Waals surface area contributed by atoms with Crippen molar-refractivity contribution in [3.05, 3.63) is 64.7 Å². The van der Waals surface area contributed by atoms with Crippen molar-refractivity contribution in [3.63, 3.8) is 0 Å². The van der Waals surface area contributed by atoms with Crippen LogP contribution >= 0.6 is 11.6 Å². The smallest absolute Gasteiger partial charge is 0.340 e. The summed E-state index contributed by atoms with van der Waals surface area (Å²) in [5.41, 5.74) is 1.27. The molecule has 2 bridgehead atoms. The van der Waals surface area contributed by atoms with E-state index in [0.29, 0.717) is 10.6 Å². The van der Waals surface area contributed by atoms with E-state index >= 15 is 0 Å². The Kier molecular flexibility index (Phi) is 4.81. The van der Waals surface area contributed by atoms with Crippen LogP contribution in [0.15, 0.2) is 53.4 Å². The lowest BCUT2D eigenvalue weighted by Gasteiger charge is -2.39. The van der Waals surface area contributed by atoms with E-state index in [-0.39, 0.29) is 34.7 Å². The molecule has 4 fully saturated rings. The fourth-order valence-corrected chi connectivity index (χ4v) is 8.10. The molecule has 8 atom stereocenters. The maximum absolute atomic E-state index is 13.1. The molecule has 0 unspecified atom stereocenters. The molecule has 7 nitrogen and oxygen atoms in total. The Hall–Kier alpha value is -1.97. The molecule has 2 saturated carbocycles. The molecule has 2 saturated heterocycles. The predicted molar refractivity (Wildman–Crippen MR) is 121 cm³/mol. The topological polar surface area (TPSA) is 88.1 Å². The predicted octanol–water partition coefficient (Wildman–Crippen LogP) is 4.32. The van der Waals surface area contributed by atoms with Gasteiger partial charge in [-0.05, 0) is 62.4 Å². The molecule has 0 aromatic heterocycles. The largest absolute Gasteiger partial charge is 0.429 e. The van der Waals surface area contributed by atoms with E-state index < -0.39 is 33.8 Å². The van der Waals surface area contributed by atoms with Crippen LogP contribution in [0.1, 0.15) is 36.2 Å². The number of carbonyl (C=O) groups excluding carboxylic acids is 1. The summed E-state index contributed by atoms with van der Waals surface area (Å²) < 4.78 is 50.5. The normalized spacial score (nSPS) is 39.5. The molecule has 2 aliphatic carbocycles. The van der Waals surface area contributed by atoms with Gasteiger partial charge in [0, 0.05) is 23.8 Å². The minimum absolute atomic E-state index is 0.0124. The Morgan fingerprint density at radius 2 is 1.82 bits per heavy atom. The van der Waals surface area contributed by atoms with Crippen molar-refractivity contribution in [2.24, 2.45) is 23.7 Å². The van der Waals surface area contributed by atoms with E-state index in [1.54, 1.807) is 49.4 Å². The van der Waals surface area contributed by atoms with Gasteiger partial charge in [0.15, 0.2) is 5.79 Å². The van der Waals surface area contributed by atoms with Crippen LogP contribution in [0.5, 0.6) is 0 Å². The highest BCUT2D eigenvalue weighted by Gasteiger charge is 2.80. The summed E-state index contributed by atoms with van der Waals surface area (Å²) in [6.45, 7) is 5.46. The van der Waals surface area contributed by atoms with Gasteiger partial charge in [-0.25, -0.2) is 4.79 Å². The van der Waals surface area contributed by atoms with E-state index in [1.807, 2.05) is 13.8 Å². The second-order valence-corrected chi connectivity index (χ2v) is 12.1. The highest BCUT2D eigenvalue weighted by Crippen LogP contribution is 2.71. The molecule has 180 valence electrons. The molecule has 2 heterocycles. The minimum atomic E-state index is -4.00. The summed E-state index contributed by atoms with van der Waals surface area (Å²) in [4.78, 5) is 13.1. The van der Waals surface area contributed by atoms with Crippen LogP contribution in [-0.2, 0) is 28.5 Å². The Balaban J connectivity index is 1.30. The molecular formula is C25H25ClO7S. The first-order valence-corrected chi connectivity index (χ1v) is 13.2. The quantitative estimate of drug-likeness (QED) is 0.442. The van der Waals surface area contributed by atoms with Gasteiger partial charge in [0.05, 0.1) is 16.6 Å². The molecular weight excluding hydrogens is 480 g/mol. The molecule has 2 aromatic carbocycles. The molecule has 0 amide bonds. The lowest BCUT2D eigenvalue weighted by atomic mass is 9.74. The number of rotatable bonds is 5. The minimum Gasteiger partial charge on any atom is -0.429 e. The third-order valence-corrected chi connectivity index (χ3v) is 9.47. The van der Waals surface area contributed by atoms with E-state index in [9.17, 15) is 13.2 Å². The van der Waals surface area contributed by atoms with Gasteiger partial charge >= 0.3 is 5.97 Å². The van der Waals surface area contributed by atoms with E-state index in [4.69, 9.17) is 30.0 Å².